The Kier molecular flexibility index (Phi) is 5.86. The third-order valence-corrected chi connectivity index (χ3v) is 5.57. The smallest absolute Gasteiger partial charge is 0.226 e. The fourth-order valence-corrected chi connectivity index (χ4v) is 3.72. The van der Waals surface area contributed by atoms with Crippen LogP contribution in [0.5, 0.6) is 5.75 Å². The fourth-order valence-electron chi connectivity index (χ4n) is 3.59. The molecule has 1 aliphatic rings. The number of benzene rings is 2. The zero-order valence-corrected chi connectivity index (χ0v) is 17.2. The highest BCUT2D eigenvalue weighted by Gasteiger charge is 2.25. The Hall–Kier alpha value is -2.79. The van der Waals surface area contributed by atoms with Crippen LogP contribution in [0.2, 0.25) is 5.02 Å². The minimum Gasteiger partial charge on any atom is -0.493 e. The number of H-pyrrole nitrogens is 1. The Morgan fingerprint density at radius 3 is 2.66 bits per heavy atom. The van der Waals surface area contributed by atoms with E-state index in [1.54, 1.807) is 0 Å². The van der Waals surface area contributed by atoms with Crippen LogP contribution in [0.4, 0.5) is 0 Å². The number of carbonyl (C=O) groups excluding carboxylic acids is 1. The average Bonchev–Trinajstić information content (AvgIpc) is 3.18. The Bertz CT molecular complexity index is 980. The van der Waals surface area contributed by atoms with Gasteiger partial charge in [0, 0.05) is 41.4 Å². The molecule has 6 heteroatoms. The molecule has 0 fully saturated rings. The number of hydrogen-bond acceptors (Lipinski definition) is 3. The number of fused-ring (bicyclic) bond motifs is 1. The molecular weight excluding hydrogens is 386 g/mol. The number of aryl methyl sites for hydroxylation is 1. The number of amides is 1. The average molecular weight is 410 g/mol. The lowest BCUT2D eigenvalue weighted by Crippen LogP contribution is -2.36. The van der Waals surface area contributed by atoms with Crippen LogP contribution in [-0.4, -0.2) is 34.2 Å². The maximum atomic E-state index is 12.7. The number of nitrogens with one attached hydrogen (secondary N) is 1. The van der Waals surface area contributed by atoms with Gasteiger partial charge in [-0.2, -0.15) is 5.10 Å². The number of ether oxygens (including phenoxy) is 1. The second kappa shape index (κ2) is 8.70. The Morgan fingerprint density at radius 2 is 1.93 bits per heavy atom. The van der Waals surface area contributed by atoms with Crippen molar-refractivity contribution >= 4 is 17.5 Å². The number of halogens is 1. The molecule has 1 N–H and O–H groups in total. The first-order chi connectivity index (χ1) is 14.1. The highest BCUT2D eigenvalue weighted by molar-refractivity contribution is 6.30. The van der Waals surface area contributed by atoms with Crippen molar-refractivity contribution in [1.29, 1.82) is 0 Å². The van der Waals surface area contributed by atoms with Crippen LogP contribution in [0.3, 0.4) is 0 Å². The van der Waals surface area contributed by atoms with Crippen LogP contribution in [-0.2, 0) is 24.2 Å². The van der Waals surface area contributed by atoms with Gasteiger partial charge in [-0.1, -0.05) is 42.8 Å². The van der Waals surface area contributed by atoms with Gasteiger partial charge in [0.2, 0.25) is 5.91 Å². The van der Waals surface area contributed by atoms with E-state index >= 15 is 0 Å². The predicted octanol–water partition coefficient (Wildman–Crippen LogP) is 4.65. The van der Waals surface area contributed by atoms with E-state index < -0.39 is 0 Å². The van der Waals surface area contributed by atoms with Gasteiger partial charge in [-0.25, -0.2) is 0 Å². The Labute approximate surface area is 175 Å². The number of rotatable bonds is 6. The van der Waals surface area contributed by atoms with Gasteiger partial charge in [-0.05, 0) is 36.2 Å². The van der Waals surface area contributed by atoms with E-state index in [0.29, 0.717) is 31.1 Å². The van der Waals surface area contributed by atoms with Crippen molar-refractivity contribution in [2.45, 2.75) is 32.7 Å². The first-order valence-electron chi connectivity index (χ1n) is 9.95. The summed E-state index contributed by atoms with van der Waals surface area (Å²) in [6, 6.07) is 15.7. The van der Waals surface area contributed by atoms with Crippen LogP contribution in [0.15, 0.2) is 48.5 Å². The monoisotopic (exact) mass is 409 g/mol. The molecule has 0 radical (unpaired) electrons. The van der Waals surface area contributed by atoms with Gasteiger partial charge in [-0.15, -0.1) is 0 Å². The lowest BCUT2D eigenvalue weighted by molar-refractivity contribution is -0.132. The topological polar surface area (TPSA) is 58.2 Å². The van der Waals surface area contributed by atoms with E-state index in [0.717, 1.165) is 41.1 Å². The number of aromatic nitrogens is 2. The third kappa shape index (κ3) is 4.46. The molecule has 2 aromatic carbocycles. The first-order valence-corrected chi connectivity index (χ1v) is 10.3. The van der Waals surface area contributed by atoms with Crippen LogP contribution in [0.1, 0.15) is 30.2 Å². The quantitative estimate of drug-likeness (QED) is 0.644. The van der Waals surface area contributed by atoms with E-state index in [4.69, 9.17) is 16.3 Å². The molecule has 1 aliphatic heterocycles. The summed E-state index contributed by atoms with van der Waals surface area (Å²) in [4.78, 5) is 14.6. The molecule has 1 aromatic heterocycles. The summed E-state index contributed by atoms with van der Waals surface area (Å²) in [6.07, 6.45) is 2.14. The molecule has 0 unspecified atom stereocenters. The summed E-state index contributed by atoms with van der Waals surface area (Å²) in [5.41, 5.74) is 5.35. The molecule has 0 bridgehead atoms. The molecule has 0 saturated carbocycles. The number of aromatic amines is 1. The predicted molar refractivity (Wildman–Crippen MR) is 114 cm³/mol. The molecule has 0 spiro atoms. The SMILES string of the molecule is CCc1ccc(OCCC(=O)N2CCc3[nH]nc(-c4ccc(Cl)cc4)c3C2)cc1. The van der Waals surface area contributed by atoms with Crippen molar-refractivity contribution in [1.82, 2.24) is 15.1 Å². The largest absolute Gasteiger partial charge is 0.493 e. The van der Waals surface area contributed by atoms with E-state index in [1.165, 1.54) is 5.56 Å². The second-order valence-electron chi connectivity index (χ2n) is 7.20. The zero-order chi connectivity index (χ0) is 20.2. The van der Waals surface area contributed by atoms with E-state index in [-0.39, 0.29) is 5.91 Å². The molecule has 0 aliphatic carbocycles. The molecule has 150 valence electrons. The summed E-state index contributed by atoms with van der Waals surface area (Å²) < 4.78 is 5.75. The number of hydrogen-bond donors (Lipinski definition) is 1. The summed E-state index contributed by atoms with van der Waals surface area (Å²) in [5.74, 6) is 0.903. The molecule has 3 aromatic rings. The summed E-state index contributed by atoms with van der Waals surface area (Å²) >= 11 is 6.00. The van der Waals surface area contributed by atoms with E-state index in [1.807, 2.05) is 41.3 Å². The molecule has 4 rings (SSSR count). The Morgan fingerprint density at radius 1 is 1.17 bits per heavy atom. The van der Waals surface area contributed by atoms with Crippen molar-refractivity contribution in [3.8, 4) is 17.0 Å². The van der Waals surface area contributed by atoms with Crippen molar-refractivity contribution in [2.24, 2.45) is 0 Å². The zero-order valence-electron chi connectivity index (χ0n) is 16.5. The highest BCUT2D eigenvalue weighted by Crippen LogP contribution is 2.29. The summed E-state index contributed by atoms with van der Waals surface area (Å²) in [6.45, 7) is 3.76. The van der Waals surface area contributed by atoms with Gasteiger partial charge in [0.1, 0.15) is 5.75 Å². The molecule has 29 heavy (non-hydrogen) atoms. The van der Waals surface area contributed by atoms with Gasteiger partial charge in [0.15, 0.2) is 0 Å². The lowest BCUT2D eigenvalue weighted by atomic mass is 10.0. The van der Waals surface area contributed by atoms with Gasteiger partial charge >= 0.3 is 0 Å². The standard InChI is InChI=1S/C23H24ClN3O2/c1-2-16-3-9-19(10-4-16)29-14-12-22(28)27-13-11-21-20(15-27)23(26-25-21)17-5-7-18(24)8-6-17/h3-10H,2,11-15H2,1H3,(H,25,26). The minimum atomic E-state index is 0.101. The van der Waals surface area contributed by atoms with Gasteiger partial charge in [0.25, 0.3) is 0 Å². The van der Waals surface area contributed by atoms with E-state index in [2.05, 4.69) is 29.3 Å². The second-order valence-corrected chi connectivity index (χ2v) is 7.63. The molecule has 1 amide bonds. The number of carbonyl (C=O) groups is 1. The van der Waals surface area contributed by atoms with Gasteiger partial charge in [0.05, 0.1) is 18.7 Å². The van der Waals surface area contributed by atoms with Crippen molar-refractivity contribution in [3.63, 3.8) is 0 Å². The molecule has 0 atom stereocenters. The van der Waals surface area contributed by atoms with Crippen LogP contribution in [0.25, 0.3) is 11.3 Å². The molecule has 0 saturated heterocycles. The maximum Gasteiger partial charge on any atom is 0.226 e. The van der Waals surface area contributed by atoms with Crippen molar-refractivity contribution in [3.05, 3.63) is 70.4 Å². The molecule has 2 heterocycles. The maximum absolute atomic E-state index is 12.7. The van der Waals surface area contributed by atoms with Crippen molar-refractivity contribution < 1.29 is 9.53 Å². The fraction of sp³-hybridized carbons (Fsp3) is 0.304. The van der Waals surface area contributed by atoms with E-state index in [9.17, 15) is 4.79 Å². The third-order valence-electron chi connectivity index (χ3n) is 5.32. The van der Waals surface area contributed by atoms with Gasteiger partial charge < -0.3 is 9.64 Å². The highest BCUT2D eigenvalue weighted by atomic mass is 35.5. The van der Waals surface area contributed by atoms with Gasteiger partial charge in [-0.3, -0.25) is 9.89 Å². The summed E-state index contributed by atoms with van der Waals surface area (Å²) in [7, 11) is 0. The molecular formula is C23H24ClN3O2. The van der Waals surface area contributed by atoms with Crippen LogP contribution >= 0.6 is 11.6 Å². The minimum absolute atomic E-state index is 0.101. The normalized spacial score (nSPS) is 13.2. The van der Waals surface area contributed by atoms with Crippen LogP contribution in [0, 0.1) is 0 Å². The number of nitrogens with zero attached hydrogens (tertiary/aromatic N) is 2. The lowest BCUT2D eigenvalue weighted by Gasteiger charge is -2.27. The van der Waals surface area contributed by atoms with Crippen molar-refractivity contribution in [2.75, 3.05) is 13.2 Å². The summed E-state index contributed by atoms with van der Waals surface area (Å²) in [5, 5.41) is 8.30. The molecule has 5 nitrogen and oxygen atoms in total. The first kappa shape index (κ1) is 19.5. The van der Waals surface area contributed by atoms with Crippen LogP contribution < -0.4 is 4.74 Å². The Balaban J connectivity index is 1.37.